The number of amides is 3. The number of fused-ring (bicyclic) bond motifs is 2. The summed E-state index contributed by atoms with van der Waals surface area (Å²) >= 11 is 0. The van der Waals surface area contributed by atoms with E-state index in [1.807, 2.05) is 56.3 Å². The molecule has 0 unspecified atom stereocenters. The maximum atomic E-state index is 14.5. The highest BCUT2D eigenvalue weighted by molar-refractivity contribution is 6.07. The summed E-state index contributed by atoms with van der Waals surface area (Å²) in [6, 6.07) is 18.0. The number of benzene rings is 3. The molecule has 1 aliphatic carbocycles. The normalized spacial score (nSPS) is 22.2. The highest BCUT2D eigenvalue weighted by Gasteiger charge is 2.31. The number of aliphatic hydroxyl groups excluding tert-OH is 1. The SMILES string of the molecule is C[C@@H]1CCCCO[C@@H](CN(C)CC2CCCCC2)[C@@H](C)CN([C@H](C)CO)C(=O)c2cc(NC(=O)Nc3cccc4ccccc34)ccc2O1. The van der Waals surface area contributed by atoms with Gasteiger partial charge in [0.15, 0.2) is 0 Å². The van der Waals surface area contributed by atoms with Crippen molar-refractivity contribution in [1.82, 2.24) is 9.80 Å². The van der Waals surface area contributed by atoms with Crippen molar-refractivity contribution in [2.45, 2.75) is 90.4 Å². The predicted molar refractivity (Wildman–Crippen MR) is 198 cm³/mol. The molecule has 1 saturated carbocycles. The van der Waals surface area contributed by atoms with E-state index in [0.717, 1.165) is 49.0 Å². The van der Waals surface area contributed by atoms with E-state index in [2.05, 4.69) is 29.5 Å². The van der Waals surface area contributed by atoms with Gasteiger partial charge in [-0.25, -0.2) is 4.79 Å². The van der Waals surface area contributed by atoms with Crippen LogP contribution in [0.4, 0.5) is 16.2 Å². The van der Waals surface area contributed by atoms with Gasteiger partial charge in [0.2, 0.25) is 0 Å². The summed E-state index contributed by atoms with van der Waals surface area (Å²) in [7, 11) is 2.19. The van der Waals surface area contributed by atoms with Gasteiger partial charge in [0.25, 0.3) is 5.91 Å². The average Bonchev–Trinajstić information content (AvgIpc) is 3.10. The Balaban J connectivity index is 1.37. The number of carbonyl (C=O) groups excluding carboxylic acids is 2. The second kappa shape index (κ2) is 17.8. The standard InChI is InChI=1S/C40H56N4O5/c1-28-24-44(29(2)27-45)39(46)35-23-33(41-40(47)42-36-19-12-17-32-16-8-9-18-34(32)36)20-21-37(35)49-30(3)13-10-11-22-48-38(28)26-43(4)25-31-14-6-5-7-15-31/h8-9,12,16-21,23,28-31,38,45H,5-7,10-11,13-15,22,24-27H2,1-4H3,(H2,41,42,47)/t28-,29+,30+,38-/m0/s1. The predicted octanol–water partition coefficient (Wildman–Crippen LogP) is 7.79. The Bertz CT molecular complexity index is 1520. The Kier molecular flexibility index (Phi) is 13.3. The molecule has 2 aliphatic rings. The van der Waals surface area contributed by atoms with Crippen molar-refractivity contribution in [2.75, 3.05) is 50.5 Å². The van der Waals surface area contributed by atoms with Gasteiger partial charge in [0.05, 0.1) is 36.1 Å². The molecule has 9 nitrogen and oxygen atoms in total. The van der Waals surface area contributed by atoms with Gasteiger partial charge in [-0.15, -0.1) is 0 Å². The highest BCUT2D eigenvalue weighted by Crippen LogP contribution is 2.30. The van der Waals surface area contributed by atoms with Gasteiger partial charge in [-0.1, -0.05) is 62.6 Å². The van der Waals surface area contributed by atoms with Gasteiger partial charge in [-0.3, -0.25) is 4.79 Å². The first-order valence-corrected chi connectivity index (χ1v) is 18.3. The van der Waals surface area contributed by atoms with E-state index in [0.29, 0.717) is 35.8 Å². The summed E-state index contributed by atoms with van der Waals surface area (Å²) in [4.78, 5) is 31.8. The summed E-state index contributed by atoms with van der Waals surface area (Å²) in [5.41, 5.74) is 1.52. The molecule has 0 saturated heterocycles. The molecule has 266 valence electrons. The van der Waals surface area contributed by atoms with Crippen molar-refractivity contribution in [3.63, 3.8) is 0 Å². The van der Waals surface area contributed by atoms with E-state index in [-0.39, 0.29) is 30.6 Å². The molecular formula is C40H56N4O5. The first-order chi connectivity index (χ1) is 23.7. The topological polar surface area (TPSA) is 103 Å². The molecule has 0 bridgehead atoms. The second-order valence-corrected chi connectivity index (χ2v) is 14.3. The van der Waals surface area contributed by atoms with E-state index in [4.69, 9.17) is 9.47 Å². The van der Waals surface area contributed by atoms with Crippen LogP contribution in [0.2, 0.25) is 0 Å². The molecule has 0 spiro atoms. The summed E-state index contributed by atoms with van der Waals surface area (Å²) in [5.74, 6) is 0.971. The highest BCUT2D eigenvalue weighted by atomic mass is 16.5. The molecule has 49 heavy (non-hydrogen) atoms. The molecule has 0 radical (unpaired) electrons. The zero-order valence-corrected chi connectivity index (χ0v) is 29.8. The lowest BCUT2D eigenvalue weighted by molar-refractivity contribution is -0.0190. The first kappa shape index (κ1) is 36.6. The third-order valence-corrected chi connectivity index (χ3v) is 10.1. The van der Waals surface area contributed by atoms with Crippen LogP contribution in [-0.4, -0.2) is 85.0 Å². The zero-order valence-electron chi connectivity index (χ0n) is 29.8. The fraction of sp³-hybridized carbons (Fsp3) is 0.550. The number of likely N-dealkylation sites (N-methyl/N-ethyl adjacent to an activating group) is 1. The second-order valence-electron chi connectivity index (χ2n) is 14.3. The number of rotatable bonds is 8. The fourth-order valence-corrected chi connectivity index (χ4v) is 7.27. The van der Waals surface area contributed by atoms with Crippen molar-refractivity contribution in [3.8, 4) is 5.75 Å². The van der Waals surface area contributed by atoms with Crippen LogP contribution in [0.25, 0.3) is 10.8 Å². The number of nitrogens with one attached hydrogen (secondary N) is 2. The summed E-state index contributed by atoms with van der Waals surface area (Å²) in [6.45, 7) is 8.78. The lowest BCUT2D eigenvalue weighted by Gasteiger charge is -2.36. The quantitative estimate of drug-likeness (QED) is 0.226. The van der Waals surface area contributed by atoms with Gasteiger partial charge < -0.3 is 35.0 Å². The minimum atomic E-state index is -0.431. The summed E-state index contributed by atoms with van der Waals surface area (Å²) in [6.07, 6.45) is 9.10. The molecule has 3 amide bonds. The minimum absolute atomic E-state index is 0.0192. The molecule has 3 aromatic carbocycles. The number of nitrogens with zero attached hydrogens (tertiary/aromatic N) is 2. The Morgan fingerprint density at radius 1 is 0.959 bits per heavy atom. The van der Waals surface area contributed by atoms with E-state index in [1.54, 1.807) is 23.1 Å². The molecule has 1 aliphatic heterocycles. The van der Waals surface area contributed by atoms with Crippen LogP contribution >= 0.6 is 0 Å². The third-order valence-electron chi connectivity index (χ3n) is 10.1. The number of urea groups is 1. The monoisotopic (exact) mass is 672 g/mol. The molecule has 1 fully saturated rings. The van der Waals surface area contributed by atoms with Gasteiger partial charge in [-0.05, 0) is 88.6 Å². The molecule has 9 heteroatoms. The van der Waals surface area contributed by atoms with Gasteiger partial charge in [0, 0.05) is 43.2 Å². The Hall–Kier alpha value is -3.66. The summed E-state index contributed by atoms with van der Waals surface area (Å²) in [5, 5.41) is 18.1. The molecule has 3 N–H and O–H groups in total. The number of anilines is 2. The van der Waals surface area contributed by atoms with Gasteiger partial charge >= 0.3 is 6.03 Å². The number of aliphatic hydroxyl groups is 1. The maximum absolute atomic E-state index is 14.5. The Labute approximate surface area is 292 Å². The van der Waals surface area contributed by atoms with E-state index < -0.39 is 12.1 Å². The number of hydrogen-bond donors (Lipinski definition) is 3. The molecule has 3 aromatic rings. The Morgan fingerprint density at radius 3 is 2.51 bits per heavy atom. The van der Waals surface area contributed by atoms with Crippen molar-refractivity contribution in [2.24, 2.45) is 11.8 Å². The van der Waals surface area contributed by atoms with Crippen molar-refractivity contribution in [3.05, 3.63) is 66.2 Å². The molecule has 1 heterocycles. The maximum Gasteiger partial charge on any atom is 0.323 e. The van der Waals surface area contributed by atoms with Crippen molar-refractivity contribution >= 4 is 34.1 Å². The van der Waals surface area contributed by atoms with Crippen LogP contribution < -0.4 is 15.4 Å². The van der Waals surface area contributed by atoms with Crippen LogP contribution in [0.15, 0.2) is 60.7 Å². The zero-order chi connectivity index (χ0) is 34.8. The lowest BCUT2D eigenvalue weighted by Crippen LogP contribution is -2.47. The lowest BCUT2D eigenvalue weighted by atomic mass is 9.89. The van der Waals surface area contributed by atoms with Crippen LogP contribution in [0.3, 0.4) is 0 Å². The van der Waals surface area contributed by atoms with Crippen LogP contribution in [0, 0.1) is 11.8 Å². The van der Waals surface area contributed by atoms with Gasteiger partial charge in [0.1, 0.15) is 5.75 Å². The van der Waals surface area contributed by atoms with Crippen LogP contribution in [0.1, 0.15) is 82.5 Å². The average molecular weight is 673 g/mol. The van der Waals surface area contributed by atoms with Crippen molar-refractivity contribution in [1.29, 1.82) is 0 Å². The molecule has 0 aromatic heterocycles. The minimum Gasteiger partial charge on any atom is -0.490 e. The fourth-order valence-electron chi connectivity index (χ4n) is 7.27. The van der Waals surface area contributed by atoms with E-state index >= 15 is 0 Å². The number of hydrogen-bond acceptors (Lipinski definition) is 6. The third kappa shape index (κ3) is 10.2. The number of ether oxygens (including phenoxy) is 2. The van der Waals surface area contributed by atoms with E-state index in [1.165, 1.54) is 32.1 Å². The molecular weight excluding hydrogens is 616 g/mol. The molecule has 5 rings (SSSR count). The Morgan fingerprint density at radius 2 is 1.71 bits per heavy atom. The van der Waals surface area contributed by atoms with Crippen LogP contribution in [-0.2, 0) is 4.74 Å². The smallest absolute Gasteiger partial charge is 0.323 e. The number of carbonyl (C=O) groups is 2. The van der Waals surface area contributed by atoms with E-state index in [9.17, 15) is 14.7 Å². The van der Waals surface area contributed by atoms with Crippen LogP contribution in [0.5, 0.6) is 5.75 Å². The molecule has 4 atom stereocenters. The van der Waals surface area contributed by atoms with Crippen molar-refractivity contribution < 1.29 is 24.2 Å². The van der Waals surface area contributed by atoms with Gasteiger partial charge in [-0.2, -0.15) is 0 Å². The summed E-state index contributed by atoms with van der Waals surface area (Å²) < 4.78 is 12.9. The first-order valence-electron chi connectivity index (χ1n) is 18.3. The largest absolute Gasteiger partial charge is 0.490 e.